The van der Waals surface area contributed by atoms with Gasteiger partial charge in [0.2, 0.25) is 0 Å². The van der Waals surface area contributed by atoms with Crippen molar-refractivity contribution < 1.29 is 9.47 Å². The number of alkyl halides is 1. The van der Waals surface area contributed by atoms with E-state index in [9.17, 15) is 0 Å². The molecule has 1 aromatic rings. The van der Waals surface area contributed by atoms with Crippen LogP contribution in [0.2, 0.25) is 0 Å². The van der Waals surface area contributed by atoms with Crippen molar-refractivity contribution in [3.05, 3.63) is 24.3 Å². The molecule has 0 heterocycles. The molecule has 0 aliphatic carbocycles. The van der Waals surface area contributed by atoms with Crippen LogP contribution in [-0.4, -0.2) is 18.6 Å². The van der Waals surface area contributed by atoms with Crippen molar-refractivity contribution in [2.24, 2.45) is 0 Å². The van der Waals surface area contributed by atoms with Crippen molar-refractivity contribution in [2.45, 2.75) is 19.4 Å². The molecule has 0 saturated carbocycles. The minimum Gasteiger partial charge on any atom is -0.497 e. The van der Waals surface area contributed by atoms with Gasteiger partial charge in [-0.1, -0.05) is 6.07 Å². The molecule has 0 saturated heterocycles. The predicted molar refractivity (Wildman–Crippen MR) is 58.4 cm³/mol. The lowest BCUT2D eigenvalue weighted by Crippen LogP contribution is -2.30. The van der Waals surface area contributed by atoms with Gasteiger partial charge in [0.1, 0.15) is 17.1 Å². The van der Waals surface area contributed by atoms with E-state index >= 15 is 0 Å². The van der Waals surface area contributed by atoms with Crippen LogP contribution in [0.15, 0.2) is 24.3 Å². The van der Waals surface area contributed by atoms with Crippen LogP contribution in [0.1, 0.15) is 13.8 Å². The van der Waals surface area contributed by atoms with Crippen LogP contribution in [0.25, 0.3) is 0 Å². The fourth-order valence-corrected chi connectivity index (χ4v) is 1.07. The molecular weight excluding hydrogens is 200 g/mol. The Morgan fingerprint density at radius 1 is 1.29 bits per heavy atom. The molecule has 1 rings (SSSR count). The Kier molecular flexibility index (Phi) is 3.64. The molecule has 0 radical (unpaired) electrons. The van der Waals surface area contributed by atoms with Crippen molar-refractivity contribution >= 4 is 11.6 Å². The van der Waals surface area contributed by atoms with Gasteiger partial charge < -0.3 is 9.47 Å². The van der Waals surface area contributed by atoms with E-state index in [0.717, 1.165) is 11.5 Å². The number of rotatable bonds is 4. The maximum atomic E-state index is 5.76. The molecule has 0 atom stereocenters. The summed E-state index contributed by atoms with van der Waals surface area (Å²) in [6.07, 6.45) is 0. The normalized spacial score (nSPS) is 11.1. The topological polar surface area (TPSA) is 18.5 Å². The number of benzene rings is 1. The maximum absolute atomic E-state index is 5.76. The fraction of sp³-hybridized carbons (Fsp3) is 0.455. The van der Waals surface area contributed by atoms with Crippen LogP contribution in [0, 0.1) is 0 Å². The van der Waals surface area contributed by atoms with Crippen molar-refractivity contribution in [3.63, 3.8) is 0 Å². The van der Waals surface area contributed by atoms with Crippen LogP contribution >= 0.6 is 11.6 Å². The Morgan fingerprint density at radius 2 is 1.93 bits per heavy atom. The highest BCUT2D eigenvalue weighted by atomic mass is 35.5. The molecule has 0 bridgehead atoms. The summed E-state index contributed by atoms with van der Waals surface area (Å²) >= 11 is 5.76. The molecule has 1 aromatic carbocycles. The summed E-state index contributed by atoms with van der Waals surface area (Å²) in [7, 11) is 1.63. The van der Waals surface area contributed by atoms with Crippen LogP contribution in [0.3, 0.4) is 0 Å². The van der Waals surface area contributed by atoms with Crippen molar-refractivity contribution in [2.75, 3.05) is 13.0 Å². The van der Waals surface area contributed by atoms with Gasteiger partial charge in [0.05, 0.1) is 13.0 Å². The van der Waals surface area contributed by atoms with Crippen molar-refractivity contribution in [3.8, 4) is 11.5 Å². The van der Waals surface area contributed by atoms with Gasteiger partial charge in [-0.15, -0.1) is 11.6 Å². The SMILES string of the molecule is COc1cccc(OC(C)(C)CCl)c1. The summed E-state index contributed by atoms with van der Waals surface area (Å²) in [5, 5.41) is 0. The Morgan fingerprint density at radius 3 is 2.50 bits per heavy atom. The number of halogens is 1. The second-order valence-electron chi connectivity index (χ2n) is 3.67. The van der Waals surface area contributed by atoms with E-state index in [-0.39, 0.29) is 5.60 Å². The fourth-order valence-electron chi connectivity index (χ4n) is 1.01. The number of ether oxygens (including phenoxy) is 2. The van der Waals surface area contributed by atoms with Gasteiger partial charge in [0, 0.05) is 6.07 Å². The molecule has 0 N–H and O–H groups in total. The van der Waals surface area contributed by atoms with Crippen molar-refractivity contribution in [1.82, 2.24) is 0 Å². The molecule has 0 spiro atoms. The lowest BCUT2D eigenvalue weighted by Gasteiger charge is -2.23. The third-order valence-electron chi connectivity index (χ3n) is 1.76. The zero-order valence-electron chi connectivity index (χ0n) is 8.71. The van der Waals surface area contributed by atoms with Gasteiger partial charge >= 0.3 is 0 Å². The van der Waals surface area contributed by atoms with Gasteiger partial charge in [-0.05, 0) is 26.0 Å². The quantitative estimate of drug-likeness (QED) is 0.718. The van der Waals surface area contributed by atoms with Crippen LogP contribution in [-0.2, 0) is 0 Å². The first-order chi connectivity index (χ1) is 6.57. The molecule has 0 aliphatic heterocycles. The predicted octanol–water partition coefficient (Wildman–Crippen LogP) is 3.09. The highest BCUT2D eigenvalue weighted by Gasteiger charge is 2.18. The Labute approximate surface area is 89.8 Å². The molecule has 0 fully saturated rings. The Balaban J connectivity index is 2.76. The average molecular weight is 215 g/mol. The first-order valence-electron chi connectivity index (χ1n) is 4.46. The van der Waals surface area contributed by atoms with Crippen LogP contribution in [0.4, 0.5) is 0 Å². The molecule has 0 aliphatic rings. The number of methoxy groups -OCH3 is 1. The van der Waals surface area contributed by atoms with Crippen molar-refractivity contribution in [1.29, 1.82) is 0 Å². The third kappa shape index (κ3) is 3.11. The summed E-state index contributed by atoms with van der Waals surface area (Å²) in [5.74, 6) is 2.01. The molecule has 0 unspecified atom stereocenters. The average Bonchev–Trinajstić information content (AvgIpc) is 2.17. The van der Waals surface area contributed by atoms with Gasteiger partial charge in [-0.2, -0.15) is 0 Å². The summed E-state index contributed by atoms with van der Waals surface area (Å²) in [4.78, 5) is 0. The standard InChI is InChI=1S/C11H15ClO2/c1-11(2,8-12)14-10-6-4-5-9(7-10)13-3/h4-7H,8H2,1-3H3. The zero-order valence-corrected chi connectivity index (χ0v) is 9.47. The molecule has 0 aromatic heterocycles. The molecular formula is C11H15ClO2. The summed E-state index contributed by atoms with van der Waals surface area (Å²) in [6, 6.07) is 7.49. The largest absolute Gasteiger partial charge is 0.497 e. The molecule has 14 heavy (non-hydrogen) atoms. The summed E-state index contributed by atoms with van der Waals surface area (Å²) in [5.41, 5.74) is -0.353. The minimum atomic E-state index is -0.353. The van der Waals surface area contributed by atoms with Gasteiger partial charge in [-0.25, -0.2) is 0 Å². The molecule has 78 valence electrons. The Bertz CT molecular complexity index is 297. The number of hydrogen-bond acceptors (Lipinski definition) is 2. The lowest BCUT2D eigenvalue weighted by molar-refractivity contribution is 0.134. The summed E-state index contributed by atoms with van der Waals surface area (Å²) in [6.45, 7) is 3.89. The van der Waals surface area contributed by atoms with E-state index in [2.05, 4.69) is 0 Å². The lowest BCUT2D eigenvalue weighted by atomic mass is 10.2. The van der Waals surface area contributed by atoms with E-state index < -0.39 is 0 Å². The minimum absolute atomic E-state index is 0.353. The monoisotopic (exact) mass is 214 g/mol. The van der Waals surface area contributed by atoms with Crippen LogP contribution < -0.4 is 9.47 Å². The second kappa shape index (κ2) is 4.56. The van der Waals surface area contributed by atoms with E-state index in [1.165, 1.54) is 0 Å². The highest BCUT2D eigenvalue weighted by molar-refractivity contribution is 6.18. The first kappa shape index (κ1) is 11.2. The van der Waals surface area contributed by atoms with E-state index in [0.29, 0.717) is 5.88 Å². The molecule has 3 heteroatoms. The molecule has 2 nitrogen and oxygen atoms in total. The van der Waals surface area contributed by atoms with Gasteiger partial charge in [0.15, 0.2) is 0 Å². The Hall–Kier alpha value is -0.890. The van der Waals surface area contributed by atoms with Gasteiger partial charge in [0.25, 0.3) is 0 Å². The first-order valence-corrected chi connectivity index (χ1v) is 5.00. The third-order valence-corrected chi connectivity index (χ3v) is 2.40. The van der Waals surface area contributed by atoms with E-state index in [4.69, 9.17) is 21.1 Å². The van der Waals surface area contributed by atoms with Gasteiger partial charge in [-0.3, -0.25) is 0 Å². The molecule has 0 amide bonds. The second-order valence-corrected chi connectivity index (χ2v) is 3.94. The summed E-state index contributed by atoms with van der Waals surface area (Å²) < 4.78 is 10.8. The highest BCUT2D eigenvalue weighted by Crippen LogP contribution is 2.23. The maximum Gasteiger partial charge on any atom is 0.123 e. The van der Waals surface area contributed by atoms with Crippen LogP contribution in [0.5, 0.6) is 11.5 Å². The smallest absolute Gasteiger partial charge is 0.123 e. The number of hydrogen-bond donors (Lipinski definition) is 0. The van der Waals surface area contributed by atoms with E-state index in [1.54, 1.807) is 7.11 Å². The zero-order chi connectivity index (χ0) is 10.6. The van der Waals surface area contributed by atoms with E-state index in [1.807, 2.05) is 38.1 Å².